The quantitative estimate of drug-likeness (QED) is 0.585. The van der Waals surface area contributed by atoms with Gasteiger partial charge in [0.25, 0.3) is 0 Å². The lowest BCUT2D eigenvalue weighted by Gasteiger charge is -2.08. The molecule has 3 nitrogen and oxygen atoms in total. The maximum Gasteiger partial charge on any atom is 0.573 e. The zero-order chi connectivity index (χ0) is 11.5. The second kappa shape index (κ2) is 4.33. The summed E-state index contributed by atoms with van der Waals surface area (Å²) in [6, 6.07) is 3.04. The molecule has 15 heavy (non-hydrogen) atoms. The highest BCUT2D eigenvalue weighted by Gasteiger charge is 2.31. The number of ether oxygens (including phenoxy) is 1. The number of nitrogens with zero attached hydrogens (tertiary/aromatic N) is 1. The van der Waals surface area contributed by atoms with E-state index in [4.69, 9.17) is 11.6 Å². The number of isocyanates is 1. The molecule has 1 aromatic carbocycles. The van der Waals surface area contributed by atoms with Crippen molar-refractivity contribution in [3.63, 3.8) is 0 Å². The molecule has 0 fully saturated rings. The lowest BCUT2D eigenvalue weighted by molar-refractivity contribution is -0.274. The van der Waals surface area contributed by atoms with Crippen molar-refractivity contribution in [2.75, 3.05) is 0 Å². The molecule has 0 aliphatic rings. The van der Waals surface area contributed by atoms with E-state index in [0.29, 0.717) is 0 Å². The van der Waals surface area contributed by atoms with E-state index in [0.717, 1.165) is 18.2 Å². The maximum absolute atomic E-state index is 11.8. The van der Waals surface area contributed by atoms with Crippen molar-refractivity contribution in [2.24, 2.45) is 4.99 Å². The molecule has 0 unspecified atom stereocenters. The van der Waals surface area contributed by atoms with Crippen LogP contribution in [0, 0.1) is 0 Å². The molecule has 0 amide bonds. The summed E-state index contributed by atoms with van der Waals surface area (Å²) in [4.78, 5) is 13.0. The minimum atomic E-state index is -4.80. The van der Waals surface area contributed by atoms with Gasteiger partial charge in [-0.1, -0.05) is 11.6 Å². The zero-order valence-corrected chi connectivity index (χ0v) is 7.76. The molecular weight excluding hydrogens is 235 g/mol. The van der Waals surface area contributed by atoms with Gasteiger partial charge in [-0.05, 0) is 12.1 Å². The van der Waals surface area contributed by atoms with Crippen molar-refractivity contribution in [1.82, 2.24) is 0 Å². The van der Waals surface area contributed by atoms with Crippen molar-refractivity contribution in [2.45, 2.75) is 6.36 Å². The van der Waals surface area contributed by atoms with Gasteiger partial charge in [-0.2, -0.15) is 4.99 Å². The maximum atomic E-state index is 11.8. The molecule has 0 bridgehead atoms. The van der Waals surface area contributed by atoms with E-state index in [1.807, 2.05) is 0 Å². The normalized spacial score (nSPS) is 10.7. The summed E-state index contributed by atoms with van der Waals surface area (Å²) in [6.45, 7) is 0. The van der Waals surface area contributed by atoms with Crippen LogP contribution >= 0.6 is 11.6 Å². The van der Waals surface area contributed by atoms with Gasteiger partial charge >= 0.3 is 6.36 Å². The second-order valence-corrected chi connectivity index (χ2v) is 2.77. The Morgan fingerprint density at radius 2 is 2.07 bits per heavy atom. The topological polar surface area (TPSA) is 38.7 Å². The Balaban J connectivity index is 3.02. The van der Waals surface area contributed by atoms with Gasteiger partial charge < -0.3 is 4.74 Å². The molecule has 0 spiro atoms. The first-order chi connectivity index (χ1) is 6.92. The Kier molecular flexibility index (Phi) is 3.34. The van der Waals surface area contributed by atoms with Crippen molar-refractivity contribution in [3.8, 4) is 5.75 Å². The Hall–Kier alpha value is -1.52. The SMILES string of the molecule is O=C=Nc1cc(OC(F)(F)F)ccc1Cl. The molecule has 1 rings (SSSR count). The summed E-state index contributed by atoms with van der Waals surface area (Å²) in [7, 11) is 0. The molecule has 0 saturated carbocycles. The molecule has 0 heterocycles. The highest BCUT2D eigenvalue weighted by molar-refractivity contribution is 6.33. The van der Waals surface area contributed by atoms with E-state index in [2.05, 4.69) is 9.73 Å². The number of benzene rings is 1. The van der Waals surface area contributed by atoms with E-state index in [-0.39, 0.29) is 10.7 Å². The Morgan fingerprint density at radius 1 is 1.40 bits per heavy atom. The molecule has 0 aliphatic heterocycles. The van der Waals surface area contributed by atoms with E-state index in [1.54, 1.807) is 0 Å². The lowest BCUT2D eigenvalue weighted by Crippen LogP contribution is -2.16. The number of halogens is 4. The Bertz CT molecular complexity index is 413. The number of carbonyl (C=O) groups excluding carboxylic acids is 1. The van der Waals surface area contributed by atoms with Gasteiger partial charge in [-0.15, -0.1) is 13.2 Å². The van der Waals surface area contributed by atoms with Crippen LogP contribution < -0.4 is 4.74 Å². The third-order valence-electron chi connectivity index (χ3n) is 1.32. The van der Waals surface area contributed by atoms with E-state index < -0.39 is 12.1 Å². The predicted octanol–water partition coefficient (Wildman–Crippen LogP) is 3.21. The van der Waals surface area contributed by atoms with Gasteiger partial charge in [-0.25, -0.2) is 4.79 Å². The number of hydrogen-bond acceptors (Lipinski definition) is 3. The van der Waals surface area contributed by atoms with Crippen LogP contribution in [0.25, 0.3) is 0 Å². The molecule has 80 valence electrons. The average Bonchev–Trinajstić information content (AvgIpc) is 2.09. The van der Waals surface area contributed by atoms with E-state index in [1.165, 1.54) is 6.08 Å². The van der Waals surface area contributed by atoms with Crippen LogP contribution in [-0.2, 0) is 4.79 Å². The number of rotatable bonds is 2. The fourth-order valence-electron chi connectivity index (χ4n) is 0.824. The number of aliphatic imine (C=N–C) groups is 1. The average molecular weight is 238 g/mol. The van der Waals surface area contributed by atoms with Crippen LogP contribution in [0.4, 0.5) is 18.9 Å². The second-order valence-electron chi connectivity index (χ2n) is 2.36. The molecule has 7 heteroatoms. The molecule has 0 saturated heterocycles. The molecule has 0 N–H and O–H groups in total. The predicted molar refractivity (Wildman–Crippen MR) is 45.9 cm³/mol. The number of alkyl halides is 3. The van der Waals surface area contributed by atoms with Gasteiger partial charge in [-0.3, -0.25) is 0 Å². The van der Waals surface area contributed by atoms with E-state index in [9.17, 15) is 18.0 Å². The van der Waals surface area contributed by atoms with Crippen LogP contribution in [0.1, 0.15) is 0 Å². The van der Waals surface area contributed by atoms with Crippen LogP contribution in [0.2, 0.25) is 5.02 Å². The summed E-state index contributed by atoms with van der Waals surface area (Å²) in [5.74, 6) is -0.499. The van der Waals surface area contributed by atoms with Gasteiger partial charge in [0.15, 0.2) is 0 Å². The van der Waals surface area contributed by atoms with Crippen LogP contribution in [0.5, 0.6) is 5.75 Å². The third kappa shape index (κ3) is 3.61. The van der Waals surface area contributed by atoms with Gasteiger partial charge in [0.2, 0.25) is 6.08 Å². The van der Waals surface area contributed by atoms with Gasteiger partial charge in [0.05, 0.1) is 10.7 Å². The minimum Gasteiger partial charge on any atom is -0.406 e. The third-order valence-corrected chi connectivity index (χ3v) is 1.64. The molecule has 0 radical (unpaired) electrons. The smallest absolute Gasteiger partial charge is 0.406 e. The Morgan fingerprint density at radius 3 is 2.60 bits per heavy atom. The largest absolute Gasteiger partial charge is 0.573 e. The summed E-state index contributed by atoms with van der Waals surface area (Å²) >= 11 is 5.54. The molecule has 0 atom stereocenters. The highest BCUT2D eigenvalue weighted by atomic mass is 35.5. The van der Waals surface area contributed by atoms with Crippen molar-refractivity contribution in [1.29, 1.82) is 0 Å². The summed E-state index contributed by atoms with van der Waals surface area (Å²) in [5.41, 5.74) is -0.131. The standard InChI is InChI=1S/C8H3ClF3NO2/c9-6-2-1-5(15-8(10,11)12)3-7(6)13-4-14/h1-3H. The van der Waals surface area contributed by atoms with Crippen molar-refractivity contribution in [3.05, 3.63) is 23.2 Å². The van der Waals surface area contributed by atoms with E-state index >= 15 is 0 Å². The molecular formula is C8H3ClF3NO2. The zero-order valence-electron chi connectivity index (χ0n) is 7.01. The van der Waals surface area contributed by atoms with Crippen molar-refractivity contribution < 1.29 is 22.7 Å². The first-order valence-electron chi connectivity index (χ1n) is 3.55. The fourth-order valence-corrected chi connectivity index (χ4v) is 0.984. The first-order valence-corrected chi connectivity index (χ1v) is 3.93. The fraction of sp³-hybridized carbons (Fsp3) is 0.125. The summed E-state index contributed by atoms with van der Waals surface area (Å²) < 4.78 is 39.0. The lowest BCUT2D eigenvalue weighted by atomic mass is 10.3. The van der Waals surface area contributed by atoms with Crippen molar-refractivity contribution >= 4 is 23.4 Å². The minimum absolute atomic E-state index is 0.0351. The molecule has 1 aromatic rings. The molecule has 0 aliphatic carbocycles. The van der Waals surface area contributed by atoms with Crippen LogP contribution in [0.3, 0.4) is 0 Å². The van der Waals surface area contributed by atoms with Gasteiger partial charge in [0.1, 0.15) is 5.75 Å². The van der Waals surface area contributed by atoms with Gasteiger partial charge in [0, 0.05) is 6.07 Å². The molecule has 0 aromatic heterocycles. The van der Waals surface area contributed by atoms with Crippen LogP contribution in [-0.4, -0.2) is 12.4 Å². The number of hydrogen-bond donors (Lipinski definition) is 0. The highest BCUT2D eigenvalue weighted by Crippen LogP contribution is 2.31. The van der Waals surface area contributed by atoms with Crippen LogP contribution in [0.15, 0.2) is 23.2 Å². The monoisotopic (exact) mass is 237 g/mol. The Labute approximate surface area is 87.1 Å². The summed E-state index contributed by atoms with van der Waals surface area (Å²) in [5, 5.41) is 0.0351. The first kappa shape index (κ1) is 11.6. The summed E-state index contributed by atoms with van der Waals surface area (Å²) in [6.07, 6.45) is -3.63.